The average Bonchev–Trinajstić information content (AvgIpc) is 2.85. The lowest BCUT2D eigenvalue weighted by Gasteiger charge is -2.21. The Morgan fingerprint density at radius 2 is 1.52 bits per heavy atom. The van der Waals surface area contributed by atoms with Crippen molar-refractivity contribution in [3.05, 3.63) is 57.2 Å². The lowest BCUT2D eigenvalue weighted by Crippen LogP contribution is -2.26. The highest BCUT2D eigenvalue weighted by molar-refractivity contribution is 14.1. The molecule has 0 radical (unpaired) electrons. The molecule has 0 saturated heterocycles. The van der Waals surface area contributed by atoms with Gasteiger partial charge in [-0.1, -0.05) is 75.6 Å². The first kappa shape index (κ1) is 26.0. The van der Waals surface area contributed by atoms with Crippen LogP contribution in [0.25, 0.3) is 0 Å². The smallest absolute Gasteiger partial charge is 0.303 e. The van der Waals surface area contributed by atoms with Crippen molar-refractivity contribution >= 4 is 44.3 Å². The lowest BCUT2D eigenvalue weighted by molar-refractivity contribution is -0.137. The van der Waals surface area contributed by atoms with Crippen LogP contribution in [0, 0.1) is 3.57 Å². The number of rotatable bonds is 12. The molecule has 0 saturated carbocycles. The second kappa shape index (κ2) is 12.2. The van der Waals surface area contributed by atoms with E-state index < -0.39 is 16.0 Å². The van der Waals surface area contributed by atoms with Gasteiger partial charge in [-0.25, -0.2) is 8.42 Å². The van der Waals surface area contributed by atoms with Crippen LogP contribution in [-0.4, -0.2) is 26.5 Å². The van der Waals surface area contributed by atoms with Gasteiger partial charge in [0.15, 0.2) is 0 Å². The van der Waals surface area contributed by atoms with Gasteiger partial charge in [-0.15, -0.1) is 0 Å². The summed E-state index contributed by atoms with van der Waals surface area (Å²) in [5, 5.41) is 8.67. The molecule has 0 amide bonds. The summed E-state index contributed by atoms with van der Waals surface area (Å²) in [4.78, 5) is 11.0. The standard InChI is InChI=1S/C26H34INO4S/c1-28-24-15-12-11-14-22(24)21(23-18-17-20(27)19-25(23)33(28,31)32)13-9-7-5-3-2-4-6-8-10-16-26(29)30/h11-12,14-15,17-19,21H,2-10,13,16H2,1H3,(H,29,30). The Hall–Kier alpha value is -1.61. The fourth-order valence-corrected chi connectivity index (χ4v) is 6.91. The van der Waals surface area contributed by atoms with Crippen LogP contribution in [0.5, 0.6) is 0 Å². The molecule has 0 fully saturated rings. The molecule has 1 N–H and O–H groups in total. The van der Waals surface area contributed by atoms with Gasteiger partial charge in [0.1, 0.15) is 0 Å². The number of hydrogen-bond acceptors (Lipinski definition) is 3. The van der Waals surface area contributed by atoms with Crippen LogP contribution < -0.4 is 4.31 Å². The second-order valence-corrected chi connectivity index (χ2v) is 12.1. The monoisotopic (exact) mass is 583 g/mol. The van der Waals surface area contributed by atoms with E-state index in [9.17, 15) is 13.2 Å². The number of carboxylic acid groups (broad SMARTS) is 1. The van der Waals surface area contributed by atoms with Gasteiger partial charge in [0.25, 0.3) is 10.0 Å². The first-order valence-electron chi connectivity index (χ1n) is 11.9. The number of sulfonamides is 1. The van der Waals surface area contributed by atoms with Crippen molar-refractivity contribution in [2.75, 3.05) is 11.4 Å². The molecule has 1 aliphatic heterocycles. The minimum Gasteiger partial charge on any atom is -0.481 e. The van der Waals surface area contributed by atoms with Gasteiger partial charge in [0.05, 0.1) is 10.6 Å². The number of carboxylic acids is 1. The molecule has 0 spiro atoms. The van der Waals surface area contributed by atoms with Crippen molar-refractivity contribution in [2.45, 2.75) is 81.4 Å². The minimum atomic E-state index is -3.59. The molecule has 33 heavy (non-hydrogen) atoms. The number of para-hydroxylation sites is 1. The first-order chi connectivity index (χ1) is 15.8. The molecule has 0 aromatic heterocycles. The van der Waals surface area contributed by atoms with Crippen LogP contribution in [0.15, 0.2) is 47.4 Å². The summed E-state index contributed by atoms with van der Waals surface area (Å²) in [6, 6.07) is 13.7. The van der Waals surface area contributed by atoms with Gasteiger partial charge in [0.2, 0.25) is 0 Å². The molecular weight excluding hydrogens is 549 g/mol. The summed E-state index contributed by atoms with van der Waals surface area (Å²) < 4.78 is 29.1. The van der Waals surface area contributed by atoms with Gasteiger partial charge in [-0.3, -0.25) is 9.10 Å². The van der Waals surface area contributed by atoms with Crippen molar-refractivity contribution in [1.29, 1.82) is 0 Å². The fourth-order valence-electron chi connectivity index (χ4n) is 4.71. The zero-order valence-corrected chi connectivity index (χ0v) is 22.3. The summed E-state index contributed by atoms with van der Waals surface area (Å²) in [7, 11) is -1.93. The van der Waals surface area contributed by atoms with E-state index in [1.54, 1.807) is 13.1 Å². The Labute approximate surface area is 211 Å². The zero-order chi connectivity index (χ0) is 23.8. The van der Waals surface area contributed by atoms with Crippen molar-refractivity contribution in [3.63, 3.8) is 0 Å². The topological polar surface area (TPSA) is 74.7 Å². The Bertz CT molecular complexity index is 1050. The highest BCUT2D eigenvalue weighted by Crippen LogP contribution is 2.43. The van der Waals surface area contributed by atoms with Gasteiger partial charge < -0.3 is 5.11 Å². The van der Waals surface area contributed by atoms with Crippen molar-refractivity contribution in [2.24, 2.45) is 0 Å². The van der Waals surface area contributed by atoms with Crippen LogP contribution in [0.3, 0.4) is 0 Å². The Morgan fingerprint density at radius 1 is 0.909 bits per heavy atom. The molecule has 1 unspecified atom stereocenters. The number of carbonyl (C=O) groups is 1. The Kier molecular flexibility index (Phi) is 9.61. The fraction of sp³-hybridized carbons (Fsp3) is 0.500. The maximum atomic E-state index is 13.4. The number of halogens is 1. The molecule has 2 aromatic carbocycles. The van der Waals surface area contributed by atoms with Crippen LogP contribution in [0.2, 0.25) is 0 Å². The van der Waals surface area contributed by atoms with Crippen LogP contribution >= 0.6 is 22.6 Å². The highest BCUT2D eigenvalue weighted by Gasteiger charge is 2.34. The molecule has 1 aliphatic rings. The van der Waals surface area contributed by atoms with E-state index in [0.717, 1.165) is 58.9 Å². The van der Waals surface area contributed by atoms with E-state index >= 15 is 0 Å². The molecule has 5 nitrogen and oxygen atoms in total. The van der Waals surface area contributed by atoms with Gasteiger partial charge in [-0.05, 0) is 64.8 Å². The number of benzene rings is 2. The zero-order valence-electron chi connectivity index (χ0n) is 19.3. The first-order valence-corrected chi connectivity index (χ1v) is 14.4. The maximum absolute atomic E-state index is 13.4. The molecule has 1 heterocycles. The summed E-state index contributed by atoms with van der Waals surface area (Å²) >= 11 is 2.18. The second-order valence-electron chi connectivity index (χ2n) is 8.88. The van der Waals surface area contributed by atoms with E-state index in [1.807, 2.05) is 30.3 Å². The third-order valence-corrected chi connectivity index (χ3v) is 9.02. The van der Waals surface area contributed by atoms with Crippen molar-refractivity contribution < 1.29 is 18.3 Å². The molecule has 1 atom stereocenters. The molecule has 0 aliphatic carbocycles. The predicted octanol–water partition coefficient (Wildman–Crippen LogP) is 6.94. The van der Waals surface area contributed by atoms with E-state index in [1.165, 1.54) is 30.0 Å². The predicted molar refractivity (Wildman–Crippen MR) is 141 cm³/mol. The van der Waals surface area contributed by atoms with Gasteiger partial charge >= 0.3 is 5.97 Å². The van der Waals surface area contributed by atoms with E-state index in [0.29, 0.717) is 4.90 Å². The summed E-state index contributed by atoms with van der Waals surface area (Å²) in [5.74, 6) is -0.630. The number of hydrogen-bond donors (Lipinski definition) is 1. The van der Waals surface area contributed by atoms with Crippen molar-refractivity contribution in [3.8, 4) is 0 Å². The van der Waals surface area contributed by atoms with E-state index in [-0.39, 0.29) is 12.3 Å². The number of nitrogens with zero attached hydrogens (tertiary/aromatic N) is 1. The van der Waals surface area contributed by atoms with E-state index in [4.69, 9.17) is 5.11 Å². The summed E-state index contributed by atoms with van der Waals surface area (Å²) in [6.45, 7) is 0. The van der Waals surface area contributed by atoms with E-state index in [2.05, 4.69) is 28.7 Å². The SMILES string of the molecule is CN1c2ccccc2C(CCCCCCCCCCCC(=O)O)c2ccc(I)cc2S1(=O)=O. The van der Waals surface area contributed by atoms with Crippen LogP contribution in [0.1, 0.15) is 87.7 Å². The average molecular weight is 584 g/mol. The number of aliphatic carboxylic acids is 1. The minimum absolute atomic E-state index is 0.0714. The normalized spacial score (nSPS) is 16.7. The molecule has 0 bridgehead atoms. The molecule has 2 aromatic rings. The van der Waals surface area contributed by atoms with Gasteiger partial charge in [0, 0.05) is 23.0 Å². The van der Waals surface area contributed by atoms with Gasteiger partial charge in [-0.2, -0.15) is 0 Å². The number of unbranched alkanes of at least 4 members (excludes halogenated alkanes) is 8. The lowest BCUT2D eigenvalue weighted by atomic mass is 9.85. The third kappa shape index (κ3) is 6.72. The van der Waals surface area contributed by atoms with Crippen LogP contribution in [-0.2, 0) is 14.8 Å². The number of anilines is 1. The molecular formula is C26H34INO4S. The highest BCUT2D eigenvalue weighted by atomic mass is 127. The summed E-state index contributed by atoms with van der Waals surface area (Å²) in [5.41, 5.74) is 2.77. The summed E-state index contributed by atoms with van der Waals surface area (Å²) in [6.07, 6.45) is 11.1. The molecule has 180 valence electrons. The Morgan fingerprint density at radius 3 is 2.18 bits per heavy atom. The third-order valence-electron chi connectivity index (χ3n) is 6.52. The molecule has 7 heteroatoms. The van der Waals surface area contributed by atoms with Crippen LogP contribution in [0.4, 0.5) is 5.69 Å². The largest absolute Gasteiger partial charge is 0.481 e. The number of fused-ring (bicyclic) bond motifs is 2. The molecule has 3 rings (SSSR count). The Balaban J connectivity index is 1.58. The maximum Gasteiger partial charge on any atom is 0.303 e. The van der Waals surface area contributed by atoms with Crippen molar-refractivity contribution in [1.82, 2.24) is 0 Å². The quantitative estimate of drug-likeness (QED) is 0.217.